The van der Waals surface area contributed by atoms with E-state index in [0.717, 1.165) is 0 Å². The van der Waals surface area contributed by atoms with Crippen molar-refractivity contribution in [2.24, 2.45) is 22.6 Å². The minimum Gasteiger partial charge on any atom is -0.370 e. The summed E-state index contributed by atoms with van der Waals surface area (Å²) in [6, 6.07) is 0. The lowest BCUT2D eigenvalue weighted by Crippen LogP contribution is -2.35. The molecule has 0 radical (unpaired) electrons. The third kappa shape index (κ3) is 4.77. The van der Waals surface area contributed by atoms with Crippen molar-refractivity contribution >= 4 is 5.96 Å². The van der Waals surface area contributed by atoms with Crippen LogP contribution in [0, 0.1) is 11.8 Å². The van der Waals surface area contributed by atoms with Crippen LogP contribution in [0.1, 0.15) is 33.1 Å². The van der Waals surface area contributed by atoms with E-state index < -0.39 is 5.92 Å². The monoisotopic (exact) mass is 233 g/mol. The van der Waals surface area contributed by atoms with E-state index in [-0.39, 0.29) is 18.8 Å². The van der Waals surface area contributed by atoms with Gasteiger partial charge in [-0.05, 0) is 18.3 Å². The first kappa shape index (κ1) is 13.2. The van der Waals surface area contributed by atoms with E-state index in [9.17, 15) is 8.78 Å². The van der Waals surface area contributed by atoms with E-state index in [4.69, 9.17) is 5.73 Å². The molecule has 0 aromatic rings. The molecular weight excluding hydrogens is 212 g/mol. The molecular formula is C11H21F2N3. The number of alkyl halides is 2. The van der Waals surface area contributed by atoms with Gasteiger partial charge in [-0.3, -0.25) is 4.99 Å². The molecule has 0 bridgehead atoms. The highest BCUT2D eigenvalue weighted by molar-refractivity contribution is 5.77. The van der Waals surface area contributed by atoms with Crippen LogP contribution in [0.25, 0.3) is 0 Å². The Bertz CT molecular complexity index is 252. The SMILES string of the molecule is CC(C)CN=C(N)NCC1CCC(F)(F)C1. The summed E-state index contributed by atoms with van der Waals surface area (Å²) in [5, 5.41) is 2.91. The molecule has 0 heterocycles. The third-order valence-corrected chi connectivity index (χ3v) is 2.70. The van der Waals surface area contributed by atoms with Gasteiger partial charge in [-0.15, -0.1) is 0 Å². The van der Waals surface area contributed by atoms with Crippen LogP contribution in [0.5, 0.6) is 0 Å². The van der Waals surface area contributed by atoms with E-state index in [1.54, 1.807) is 0 Å². The molecule has 0 aromatic heterocycles. The van der Waals surface area contributed by atoms with Crippen molar-refractivity contribution in [3.05, 3.63) is 0 Å². The Labute approximate surface area is 95.5 Å². The highest BCUT2D eigenvalue weighted by Gasteiger charge is 2.39. The number of guanidine groups is 1. The maximum atomic E-state index is 12.9. The Morgan fingerprint density at radius 1 is 1.56 bits per heavy atom. The Morgan fingerprint density at radius 2 is 2.25 bits per heavy atom. The van der Waals surface area contributed by atoms with Gasteiger partial charge in [0.1, 0.15) is 0 Å². The Hall–Kier alpha value is -0.870. The number of nitrogens with one attached hydrogen (secondary N) is 1. The highest BCUT2D eigenvalue weighted by Crippen LogP contribution is 2.38. The van der Waals surface area contributed by atoms with E-state index >= 15 is 0 Å². The molecule has 1 aliphatic carbocycles. The number of nitrogens with two attached hydrogens (primary N) is 1. The van der Waals surface area contributed by atoms with E-state index in [0.29, 0.717) is 31.4 Å². The Balaban J connectivity index is 2.22. The van der Waals surface area contributed by atoms with Crippen molar-refractivity contribution in [3.63, 3.8) is 0 Å². The molecule has 0 spiro atoms. The number of nitrogens with zero attached hydrogens (tertiary/aromatic N) is 1. The second kappa shape index (κ2) is 5.46. The molecule has 5 heteroatoms. The fraction of sp³-hybridized carbons (Fsp3) is 0.909. The van der Waals surface area contributed by atoms with Crippen molar-refractivity contribution in [2.45, 2.75) is 39.0 Å². The fourth-order valence-corrected chi connectivity index (χ4v) is 1.80. The Morgan fingerprint density at radius 3 is 2.75 bits per heavy atom. The first-order valence-corrected chi connectivity index (χ1v) is 5.80. The molecule has 16 heavy (non-hydrogen) atoms. The molecule has 1 aliphatic rings. The first-order valence-electron chi connectivity index (χ1n) is 5.80. The molecule has 1 unspecified atom stereocenters. The van der Waals surface area contributed by atoms with E-state index in [1.165, 1.54) is 0 Å². The van der Waals surface area contributed by atoms with Gasteiger partial charge in [-0.1, -0.05) is 13.8 Å². The Kier molecular flexibility index (Phi) is 4.50. The van der Waals surface area contributed by atoms with Crippen molar-refractivity contribution < 1.29 is 8.78 Å². The predicted octanol–water partition coefficient (Wildman–Crippen LogP) is 1.98. The van der Waals surface area contributed by atoms with Gasteiger partial charge < -0.3 is 11.1 Å². The van der Waals surface area contributed by atoms with E-state index in [2.05, 4.69) is 10.3 Å². The maximum absolute atomic E-state index is 12.9. The zero-order valence-corrected chi connectivity index (χ0v) is 9.97. The molecule has 1 rings (SSSR count). The van der Waals surface area contributed by atoms with Crippen LogP contribution in [0.3, 0.4) is 0 Å². The summed E-state index contributed by atoms with van der Waals surface area (Å²) >= 11 is 0. The van der Waals surface area contributed by atoms with Gasteiger partial charge in [-0.2, -0.15) is 0 Å². The molecule has 1 fully saturated rings. The molecule has 0 amide bonds. The van der Waals surface area contributed by atoms with Gasteiger partial charge in [0, 0.05) is 25.9 Å². The lowest BCUT2D eigenvalue weighted by Gasteiger charge is -2.12. The average molecular weight is 233 g/mol. The van der Waals surface area contributed by atoms with Crippen LogP contribution in [0.2, 0.25) is 0 Å². The molecule has 1 saturated carbocycles. The summed E-state index contributed by atoms with van der Waals surface area (Å²) in [6.45, 7) is 5.27. The molecule has 3 nitrogen and oxygen atoms in total. The quantitative estimate of drug-likeness (QED) is 0.576. The number of halogens is 2. The largest absolute Gasteiger partial charge is 0.370 e. The van der Waals surface area contributed by atoms with Crippen LogP contribution in [0.15, 0.2) is 4.99 Å². The lowest BCUT2D eigenvalue weighted by molar-refractivity contribution is 0.00524. The molecule has 3 N–H and O–H groups in total. The van der Waals surface area contributed by atoms with Gasteiger partial charge in [-0.25, -0.2) is 8.78 Å². The molecule has 1 atom stereocenters. The summed E-state index contributed by atoms with van der Waals surface area (Å²) in [4.78, 5) is 4.12. The van der Waals surface area contributed by atoms with Crippen molar-refractivity contribution in [1.82, 2.24) is 5.32 Å². The zero-order valence-electron chi connectivity index (χ0n) is 9.97. The summed E-state index contributed by atoms with van der Waals surface area (Å²) in [6.07, 6.45) is 0.539. The van der Waals surface area contributed by atoms with Crippen molar-refractivity contribution in [1.29, 1.82) is 0 Å². The van der Waals surface area contributed by atoms with Gasteiger partial charge >= 0.3 is 0 Å². The average Bonchev–Trinajstić information content (AvgIpc) is 2.52. The van der Waals surface area contributed by atoms with Gasteiger partial charge in [0.25, 0.3) is 0 Å². The number of rotatable bonds is 4. The van der Waals surface area contributed by atoms with E-state index in [1.807, 2.05) is 13.8 Å². The maximum Gasteiger partial charge on any atom is 0.248 e. The summed E-state index contributed by atoms with van der Waals surface area (Å²) < 4.78 is 25.8. The van der Waals surface area contributed by atoms with Crippen LogP contribution in [-0.2, 0) is 0 Å². The minimum absolute atomic E-state index is 0.00237. The summed E-state index contributed by atoms with van der Waals surface area (Å²) in [7, 11) is 0. The van der Waals surface area contributed by atoms with Gasteiger partial charge in [0.15, 0.2) is 5.96 Å². The van der Waals surface area contributed by atoms with Gasteiger partial charge in [0.2, 0.25) is 5.92 Å². The first-order chi connectivity index (χ1) is 7.39. The van der Waals surface area contributed by atoms with Crippen LogP contribution >= 0.6 is 0 Å². The molecule has 0 saturated heterocycles. The van der Waals surface area contributed by atoms with Gasteiger partial charge in [0.05, 0.1) is 0 Å². The smallest absolute Gasteiger partial charge is 0.248 e. The second-order valence-electron chi connectivity index (χ2n) is 4.97. The summed E-state index contributed by atoms with van der Waals surface area (Å²) in [5.74, 6) is -1.64. The lowest BCUT2D eigenvalue weighted by atomic mass is 10.1. The normalized spacial score (nSPS) is 25.1. The minimum atomic E-state index is -2.48. The number of aliphatic imine (C=N–C) groups is 1. The van der Waals surface area contributed by atoms with Crippen molar-refractivity contribution in [3.8, 4) is 0 Å². The number of hydrogen-bond acceptors (Lipinski definition) is 1. The highest BCUT2D eigenvalue weighted by atomic mass is 19.3. The third-order valence-electron chi connectivity index (χ3n) is 2.70. The zero-order chi connectivity index (χ0) is 12.2. The molecule has 0 aromatic carbocycles. The topological polar surface area (TPSA) is 50.4 Å². The predicted molar refractivity (Wildman–Crippen MR) is 61.6 cm³/mol. The van der Waals surface area contributed by atoms with Crippen LogP contribution < -0.4 is 11.1 Å². The van der Waals surface area contributed by atoms with Crippen LogP contribution in [-0.4, -0.2) is 25.0 Å². The molecule has 94 valence electrons. The van der Waals surface area contributed by atoms with Crippen LogP contribution in [0.4, 0.5) is 8.78 Å². The van der Waals surface area contributed by atoms with Crippen molar-refractivity contribution in [2.75, 3.05) is 13.1 Å². The standard InChI is InChI=1S/C11H21F2N3/c1-8(2)6-15-10(14)16-7-9-3-4-11(12,13)5-9/h8-9H,3-7H2,1-2H3,(H3,14,15,16). The fourth-order valence-electron chi connectivity index (χ4n) is 1.80. The number of hydrogen-bond donors (Lipinski definition) is 2. The molecule has 0 aliphatic heterocycles. The second-order valence-corrected chi connectivity index (χ2v) is 4.97. The summed E-state index contributed by atoms with van der Waals surface area (Å²) in [5.41, 5.74) is 5.62.